The van der Waals surface area contributed by atoms with Crippen LogP contribution in [0.3, 0.4) is 0 Å². The van der Waals surface area contributed by atoms with Crippen molar-refractivity contribution in [2.24, 2.45) is 0 Å². The van der Waals surface area contributed by atoms with E-state index in [0.717, 1.165) is 0 Å². The molecule has 0 unspecified atom stereocenters. The normalized spacial score (nSPS) is 17.2. The van der Waals surface area contributed by atoms with Gasteiger partial charge in [0.2, 0.25) is 0 Å². The lowest BCUT2D eigenvalue weighted by molar-refractivity contribution is -0.424. The Morgan fingerprint density at radius 2 is 2.62 bits per heavy atom. The van der Waals surface area contributed by atoms with Crippen molar-refractivity contribution in [2.45, 2.75) is 0 Å². The van der Waals surface area contributed by atoms with Crippen molar-refractivity contribution >= 4 is 0 Å². The van der Waals surface area contributed by atoms with Crippen LogP contribution in [0.25, 0.3) is 0 Å². The van der Waals surface area contributed by atoms with Gasteiger partial charge in [0.15, 0.2) is 0 Å². The number of nitrogens with one attached hydrogen (secondary N) is 2. The SMILES string of the molecule is O=[N+]([O-])C1=CNNC1. The zero-order valence-corrected chi connectivity index (χ0v) is 4.05. The van der Waals surface area contributed by atoms with Gasteiger partial charge in [0.05, 0.1) is 11.1 Å². The number of hydrazine groups is 1. The molecule has 5 heteroatoms. The first kappa shape index (κ1) is 5.04. The van der Waals surface area contributed by atoms with Gasteiger partial charge in [-0.1, -0.05) is 0 Å². The topological polar surface area (TPSA) is 67.2 Å². The Hall–Kier alpha value is -1.10. The molecule has 0 aromatic carbocycles. The molecule has 0 atom stereocenters. The Kier molecular flexibility index (Phi) is 1.13. The van der Waals surface area contributed by atoms with E-state index in [1.54, 1.807) is 0 Å². The molecule has 1 aliphatic heterocycles. The summed E-state index contributed by atoms with van der Waals surface area (Å²) in [6, 6.07) is 0. The molecule has 8 heavy (non-hydrogen) atoms. The van der Waals surface area contributed by atoms with Gasteiger partial charge in [-0.05, 0) is 0 Å². The van der Waals surface area contributed by atoms with E-state index in [1.807, 2.05) is 0 Å². The van der Waals surface area contributed by atoms with Gasteiger partial charge < -0.3 is 5.43 Å². The molecule has 0 aromatic heterocycles. The lowest BCUT2D eigenvalue weighted by atomic mass is 10.5. The highest BCUT2D eigenvalue weighted by Gasteiger charge is 2.12. The number of hydrogen-bond acceptors (Lipinski definition) is 4. The van der Waals surface area contributed by atoms with Crippen LogP contribution in [-0.2, 0) is 0 Å². The number of rotatable bonds is 1. The summed E-state index contributed by atoms with van der Waals surface area (Å²) >= 11 is 0. The zero-order chi connectivity index (χ0) is 5.98. The fraction of sp³-hybridized carbons (Fsp3) is 0.333. The number of nitro groups is 1. The molecule has 0 spiro atoms. The van der Waals surface area contributed by atoms with Crippen molar-refractivity contribution in [3.63, 3.8) is 0 Å². The average Bonchev–Trinajstić information content (AvgIpc) is 2.12. The summed E-state index contributed by atoms with van der Waals surface area (Å²) in [6.45, 7) is 0.299. The summed E-state index contributed by atoms with van der Waals surface area (Å²) < 4.78 is 0. The average molecular weight is 115 g/mol. The third-order valence-corrected chi connectivity index (χ3v) is 0.845. The molecule has 1 heterocycles. The summed E-state index contributed by atoms with van der Waals surface area (Å²) in [5, 5.41) is 9.86. The Morgan fingerprint density at radius 3 is 2.88 bits per heavy atom. The van der Waals surface area contributed by atoms with E-state index in [9.17, 15) is 10.1 Å². The van der Waals surface area contributed by atoms with Crippen LogP contribution >= 0.6 is 0 Å². The van der Waals surface area contributed by atoms with Crippen molar-refractivity contribution in [3.05, 3.63) is 22.0 Å². The Balaban J connectivity index is 2.57. The van der Waals surface area contributed by atoms with Gasteiger partial charge in [0.1, 0.15) is 6.54 Å². The fourth-order valence-electron chi connectivity index (χ4n) is 0.444. The summed E-state index contributed by atoms with van der Waals surface area (Å²) in [7, 11) is 0. The minimum atomic E-state index is -0.424. The molecule has 5 nitrogen and oxygen atoms in total. The predicted octanol–water partition coefficient (Wildman–Crippen LogP) is -0.788. The van der Waals surface area contributed by atoms with Crippen LogP contribution in [0, 0.1) is 10.1 Å². The maximum Gasteiger partial charge on any atom is 0.278 e. The van der Waals surface area contributed by atoms with Crippen molar-refractivity contribution in [1.29, 1.82) is 0 Å². The van der Waals surface area contributed by atoms with Crippen LogP contribution in [0.5, 0.6) is 0 Å². The van der Waals surface area contributed by atoms with Crippen molar-refractivity contribution in [3.8, 4) is 0 Å². The molecule has 2 N–H and O–H groups in total. The van der Waals surface area contributed by atoms with E-state index >= 15 is 0 Å². The van der Waals surface area contributed by atoms with Gasteiger partial charge in [-0.2, -0.15) is 0 Å². The Morgan fingerprint density at radius 1 is 1.88 bits per heavy atom. The molecular weight excluding hydrogens is 110 g/mol. The van der Waals surface area contributed by atoms with Crippen LogP contribution in [0.2, 0.25) is 0 Å². The summed E-state index contributed by atoms with van der Waals surface area (Å²) in [5.41, 5.74) is 5.24. The van der Waals surface area contributed by atoms with Crippen LogP contribution in [0.4, 0.5) is 0 Å². The maximum atomic E-state index is 9.86. The minimum absolute atomic E-state index is 0.171. The lowest BCUT2D eigenvalue weighted by Gasteiger charge is -1.85. The van der Waals surface area contributed by atoms with E-state index in [2.05, 4.69) is 10.9 Å². The first-order valence-electron chi connectivity index (χ1n) is 2.12. The molecule has 44 valence electrons. The molecule has 0 fully saturated rings. The van der Waals surface area contributed by atoms with Crippen LogP contribution in [0.1, 0.15) is 0 Å². The van der Waals surface area contributed by atoms with Crippen molar-refractivity contribution in [2.75, 3.05) is 6.54 Å². The monoisotopic (exact) mass is 115 g/mol. The van der Waals surface area contributed by atoms with Gasteiger partial charge >= 0.3 is 0 Å². The molecular formula is C3H5N3O2. The van der Waals surface area contributed by atoms with Gasteiger partial charge in [0, 0.05) is 0 Å². The van der Waals surface area contributed by atoms with Crippen LogP contribution < -0.4 is 10.9 Å². The molecule has 0 amide bonds. The van der Waals surface area contributed by atoms with Gasteiger partial charge in [0.25, 0.3) is 5.70 Å². The Labute approximate surface area is 45.5 Å². The predicted molar refractivity (Wildman–Crippen MR) is 26.2 cm³/mol. The molecule has 1 aliphatic rings. The van der Waals surface area contributed by atoms with E-state index in [4.69, 9.17) is 0 Å². The molecule has 0 radical (unpaired) electrons. The second-order valence-corrected chi connectivity index (χ2v) is 1.39. The lowest BCUT2D eigenvalue weighted by Crippen LogP contribution is -2.21. The van der Waals surface area contributed by atoms with Crippen LogP contribution in [-0.4, -0.2) is 11.5 Å². The van der Waals surface area contributed by atoms with Gasteiger partial charge in [-0.3, -0.25) is 10.1 Å². The largest absolute Gasteiger partial charge is 0.322 e. The van der Waals surface area contributed by atoms with Gasteiger partial charge in [-0.15, -0.1) is 0 Å². The fourth-order valence-corrected chi connectivity index (χ4v) is 0.444. The molecule has 0 bridgehead atoms. The van der Waals surface area contributed by atoms with E-state index in [0.29, 0.717) is 6.54 Å². The zero-order valence-electron chi connectivity index (χ0n) is 4.05. The molecule has 0 saturated carbocycles. The summed E-state index contributed by atoms with van der Waals surface area (Å²) in [5.74, 6) is 0. The van der Waals surface area contributed by atoms with E-state index in [1.165, 1.54) is 6.20 Å². The quantitative estimate of drug-likeness (QED) is 0.347. The van der Waals surface area contributed by atoms with E-state index < -0.39 is 4.92 Å². The first-order chi connectivity index (χ1) is 3.80. The van der Waals surface area contributed by atoms with E-state index in [-0.39, 0.29) is 5.70 Å². The Bertz CT molecular complexity index is 141. The standard InChI is InChI=1S/C3H5N3O2/c7-6(8)3-1-4-5-2-3/h1,4-5H,2H2. The molecule has 0 saturated heterocycles. The van der Waals surface area contributed by atoms with Crippen molar-refractivity contribution < 1.29 is 4.92 Å². The smallest absolute Gasteiger partial charge is 0.278 e. The highest BCUT2D eigenvalue weighted by molar-refractivity contribution is 4.96. The molecule has 1 rings (SSSR count). The second kappa shape index (κ2) is 1.79. The number of nitrogens with zero attached hydrogens (tertiary/aromatic N) is 1. The molecule has 0 aromatic rings. The minimum Gasteiger partial charge on any atom is -0.322 e. The first-order valence-corrected chi connectivity index (χ1v) is 2.12. The highest BCUT2D eigenvalue weighted by Crippen LogP contribution is 1.93. The van der Waals surface area contributed by atoms with Crippen LogP contribution in [0.15, 0.2) is 11.9 Å². The molecule has 0 aliphatic carbocycles. The summed E-state index contributed by atoms with van der Waals surface area (Å²) in [4.78, 5) is 9.44. The maximum absolute atomic E-state index is 9.86. The van der Waals surface area contributed by atoms with Crippen molar-refractivity contribution in [1.82, 2.24) is 10.9 Å². The highest BCUT2D eigenvalue weighted by atomic mass is 16.6. The third-order valence-electron chi connectivity index (χ3n) is 0.845. The second-order valence-electron chi connectivity index (χ2n) is 1.39. The third kappa shape index (κ3) is 0.760. The van der Waals surface area contributed by atoms with Gasteiger partial charge in [-0.25, -0.2) is 5.43 Å². The number of hydrogen-bond donors (Lipinski definition) is 2. The summed E-state index contributed by atoms with van der Waals surface area (Å²) in [6.07, 6.45) is 1.33.